The molecule has 0 N–H and O–H groups in total. The van der Waals surface area contributed by atoms with Crippen molar-refractivity contribution in [1.29, 1.82) is 0 Å². The highest BCUT2D eigenvalue weighted by atomic mass is 16.6. The molecule has 0 aliphatic heterocycles. The monoisotopic (exact) mass is 342 g/mol. The van der Waals surface area contributed by atoms with E-state index in [1.165, 1.54) is 0 Å². The normalized spacial score (nSPS) is 11.6. The number of hydrogen-bond acceptors (Lipinski definition) is 5. The second kappa shape index (κ2) is 9.59. The lowest BCUT2D eigenvalue weighted by Crippen LogP contribution is -2.28. The molecule has 0 fully saturated rings. The molecule has 0 saturated carbocycles. The first-order valence-electron chi connectivity index (χ1n) is 8.26. The number of benzene rings is 2. The second-order valence-corrected chi connectivity index (χ2v) is 5.33. The van der Waals surface area contributed by atoms with Gasteiger partial charge in [0.25, 0.3) is 0 Å². The van der Waals surface area contributed by atoms with Crippen LogP contribution in [-0.2, 0) is 20.7 Å². The molecule has 1 atom stereocenters. The number of hydrogen-bond donors (Lipinski definition) is 0. The molecule has 2 aromatic carbocycles. The van der Waals surface area contributed by atoms with Crippen molar-refractivity contribution in [3.63, 3.8) is 0 Å². The molecule has 0 amide bonds. The van der Waals surface area contributed by atoms with E-state index in [4.69, 9.17) is 14.2 Å². The van der Waals surface area contributed by atoms with Gasteiger partial charge in [0.2, 0.25) is 0 Å². The van der Waals surface area contributed by atoms with Gasteiger partial charge in [0.05, 0.1) is 6.61 Å². The zero-order valence-electron chi connectivity index (χ0n) is 14.4. The topological polar surface area (TPSA) is 61.8 Å². The van der Waals surface area contributed by atoms with Gasteiger partial charge >= 0.3 is 5.97 Å². The molecule has 0 bridgehead atoms. The van der Waals surface area contributed by atoms with Gasteiger partial charge in [0.1, 0.15) is 17.8 Å². The number of carbonyl (C=O) groups excluding carboxylic acids is 2. The van der Waals surface area contributed by atoms with E-state index in [0.717, 1.165) is 11.8 Å². The Hall–Kier alpha value is -2.66. The summed E-state index contributed by atoms with van der Waals surface area (Å²) in [6, 6.07) is 14.3. The number of carbonyl (C=O) groups is 2. The first-order chi connectivity index (χ1) is 12.2. The van der Waals surface area contributed by atoms with Gasteiger partial charge in [-0.15, -0.1) is 0 Å². The van der Waals surface area contributed by atoms with Crippen molar-refractivity contribution < 1.29 is 23.8 Å². The summed E-state index contributed by atoms with van der Waals surface area (Å²) >= 11 is 0. The molecule has 0 aliphatic rings. The molecule has 0 aliphatic carbocycles. The van der Waals surface area contributed by atoms with Crippen LogP contribution in [-0.4, -0.2) is 31.6 Å². The SMILES string of the molecule is CCOC(=O)[C@H](Cc1ccc(Oc2ccc(C=O)cc2)cc1)OCC. The highest BCUT2D eigenvalue weighted by Gasteiger charge is 2.20. The third kappa shape index (κ3) is 5.72. The maximum atomic E-state index is 11.9. The van der Waals surface area contributed by atoms with Gasteiger partial charge in [-0.05, 0) is 55.8 Å². The van der Waals surface area contributed by atoms with Crippen LogP contribution in [0.4, 0.5) is 0 Å². The van der Waals surface area contributed by atoms with E-state index in [9.17, 15) is 9.59 Å². The zero-order chi connectivity index (χ0) is 18.1. The fraction of sp³-hybridized carbons (Fsp3) is 0.300. The number of aldehydes is 1. The standard InChI is InChI=1S/C20H22O5/c1-3-23-19(20(22)24-4-2)13-15-5-9-17(10-6-15)25-18-11-7-16(14-21)8-12-18/h5-12,14,19H,3-4,13H2,1-2H3/t19-/m0/s1. The molecule has 2 rings (SSSR count). The predicted molar refractivity (Wildman–Crippen MR) is 94.1 cm³/mol. The van der Waals surface area contributed by atoms with Crippen molar-refractivity contribution in [2.24, 2.45) is 0 Å². The van der Waals surface area contributed by atoms with Gasteiger partial charge in [-0.3, -0.25) is 4.79 Å². The van der Waals surface area contributed by atoms with Gasteiger partial charge in [0.15, 0.2) is 6.10 Å². The molecule has 5 heteroatoms. The van der Waals surface area contributed by atoms with Crippen LogP contribution in [0.2, 0.25) is 0 Å². The third-order valence-electron chi connectivity index (χ3n) is 3.51. The minimum atomic E-state index is -0.604. The Morgan fingerprint density at radius 3 is 2.08 bits per heavy atom. The van der Waals surface area contributed by atoms with Gasteiger partial charge < -0.3 is 14.2 Å². The summed E-state index contributed by atoms with van der Waals surface area (Å²) < 4.78 is 16.2. The Bertz CT molecular complexity index is 676. The Kier molecular flexibility index (Phi) is 7.16. The average Bonchev–Trinajstić information content (AvgIpc) is 2.64. The fourth-order valence-corrected chi connectivity index (χ4v) is 2.30. The van der Waals surface area contributed by atoms with Gasteiger partial charge in [-0.25, -0.2) is 4.79 Å². The van der Waals surface area contributed by atoms with E-state index >= 15 is 0 Å². The first kappa shape index (κ1) is 18.7. The van der Waals surface area contributed by atoms with Crippen LogP contribution in [0.25, 0.3) is 0 Å². The third-order valence-corrected chi connectivity index (χ3v) is 3.51. The van der Waals surface area contributed by atoms with Crippen LogP contribution < -0.4 is 4.74 Å². The molecule has 0 unspecified atom stereocenters. The van der Waals surface area contributed by atoms with E-state index in [-0.39, 0.29) is 5.97 Å². The van der Waals surface area contributed by atoms with Gasteiger partial charge in [0, 0.05) is 18.6 Å². The molecular formula is C20H22O5. The summed E-state index contributed by atoms with van der Waals surface area (Å²) in [5.41, 5.74) is 1.55. The minimum absolute atomic E-state index is 0.331. The van der Waals surface area contributed by atoms with Crippen LogP contribution in [0.15, 0.2) is 48.5 Å². The van der Waals surface area contributed by atoms with Crippen LogP contribution >= 0.6 is 0 Å². The minimum Gasteiger partial charge on any atom is -0.464 e. The van der Waals surface area contributed by atoms with Crippen molar-refractivity contribution in [3.05, 3.63) is 59.7 Å². The largest absolute Gasteiger partial charge is 0.464 e. The van der Waals surface area contributed by atoms with Gasteiger partial charge in [-0.2, -0.15) is 0 Å². The molecule has 0 radical (unpaired) electrons. The van der Waals surface area contributed by atoms with Crippen molar-refractivity contribution in [2.75, 3.05) is 13.2 Å². The summed E-state index contributed by atoms with van der Waals surface area (Å²) in [5, 5.41) is 0. The highest BCUT2D eigenvalue weighted by molar-refractivity contribution is 5.75. The molecule has 25 heavy (non-hydrogen) atoms. The van der Waals surface area contributed by atoms with Crippen LogP contribution in [0.3, 0.4) is 0 Å². The fourth-order valence-electron chi connectivity index (χ4n) is 2.30. The molecule has 5 nitrogen and oxygen atoms in total. The highest BCUT2D eigenvalue weighted by Crippen LogP contribution is 2.22. The maximum Gasteiger partial charge on any atom is 0.335 e. The lowest BCUT2D eigenvalue weighted by atomic mass is 10.1. The summed E-state index contributed by atoms with van der Waals surface area (Å²) in [5.74, 6) is 0.976. The van der Waals surface area contributed by atoms with E-state index in [1.807, 2.05) is 31.2 Å². The number of ether oxygens (including phenoxy) is 3. The van der Waals surface area contributed by atoms with Crippen LogP contribution in [0, 0.1) is 0 Å². The Balaban J connectivity index is 1.99. The van der Waals surface area contributed by atoms with Crippen molar-refractivity contribution in [1.82, 2.24) is 0 Å². The Morgan fingerprint density at radius 1 is 0.960 bits per heavy atom. The molecule has 132 valence electrons. The molecule has 2 aromatic rings. The summed E-state index contributed by atoms with van der Waals surface area (Å²) in [6.07, 6.45) is 0.630. The van der Waals surface area contributed by atoms with E-state index < -0.39 is 6.10 Å². The van der Waals surface area contributed by atoms with E-state index in [2.05, 4.69) is 0 Å². The zero-order valence-corrected chi connectivity index (χ0v) is 14.4. The van der Waals surface area contributed by atoms with Gasteiger partial charge in [-0.1, -0.05) is 12.1 Å². The number of rotatable bonds is 9. The lowest BCUT2D eigenvalue weighted by molar-refractivity contribution is -0.156. The molecular weight excluding hydrogens is 320 g/mol. The van der Waals surface area contributed by atoms with Crippen molar-refractivity contribution in [2.45, 2.75) is 26.4 Å². The Labute approximate surface area is 147 Å². The maximum absolute atomic E-state index is 11.9. The van der Waals surface area contributed by atoms with Crippen molar-refractivity contribution >= 4 is 12.3 Å². The quantitative estimate of drug-likeness (QED) is 0.512. The van der Waals surface area contributed by atoms with E-state index in [0.29, 0.717) is 36.7 Å². The summed E-state index contributed by atoms with van der Waals surface area (Å²) in [4.78, 5) is 22.6. The molecule has 0 saturated heterocycles. The lowest BCUT2D eigenvalue weighted by Gasteiger charge is -2.15. The molecule has 0 spiro atoms. The summed E-state index contributed by atoms with van der Waals surface area (Å²) in [7, 11) is 0. The predicted octanol–water partition coefficient (Wildman–Crippen LogP) is 3.80. The van der Waals surface area contributed by atoms with Crippen molar-refractivity contribution in [3.8, 4) is 11.5 Å². The molecule has 0 aromatic heterocycles. The number of esters is 1. The Morgan fingerprint density at radius 2 is 1.56 bits per heavy atom. The smallest absolute Gasteiger partial charge is 0.335 e. The summed E-state index contributed by atoms with van der Waals surface area (Å²) in [6.45, 7) is 4.40. The second-order valence-electron chi connectivity index (χ2n) is 5.33. The average molecular weight is 342 g/mol. The first-order valence-corrected chi connectivity index (χ1v) is 8.26. The molecule has 0 heterocycles. The van der Waals surface area contributed by atoms with Crippen LogP contribution in [0.1, 0.15) is 29.8 Å². The van der Waals surface area contributed by atoms with E-state index in [1.54, 1.807) is 31.2 Å². The van der Waals surface area contributed by atoms with Crippen LogP contribution in [0.5, 0.6) is 11.5 Å².